The van der Waals surface area contributed by atoms with Crippen molar-refractivity contribution in [1.29, 1.82) is 0 Å². The third-order valence-corrected chi connectivity index (χ3v) is 7.09. The van der Waals surface area contributed by atoms with Crippen molar-refractivity contribution in [3.05, 3.63) is 119 Å². The van der Waals surface area contributed by atoms with Crippen molar-refractivity contribution in [2.24, 2.45) is 0 Å². The predicted octanol–water partition coefficient (Wildman–Crippen LogP) is 6.80. The van der Waals surface area contributed by atoms with Crippen LogP contribution in [-0.2, 0) is 17.6 Å². The van der Waals surface area contributed by atoms with Crippen molar-refractivity contribution in [3.63, 3.8) is 0 Å². The Balaban J connectivity index is 1.33. The zero-order chi connectivity index (χ0) is 24.2. The fraction of sp³-hybridized carbons (Fsp3) is 0.133. The second-order valence-corrected chi connectivity index (χ2v) is 9.68. The highest BCUT2D eigenvalue weighted by atomic mass is 32.2. The van der Waals surface area contributed by atoms with Crippen LogP contribution in [0.3, 0.4) is 0 Å². The van der Waals surface area contributed by atoms with Crippen molar-refractivity contribution in [3.8, 4) is 0 Å². The van der Waals surface area contributed by atoms with Crippen molar-refractivity contribution >= 4 is 40.6 Å². The highest BCUT2D eigenvalue weighted by molar-refractivity contribution is 8.00. The Morgan fingerprint density at radius 3 is 2.14 bits per heavy atom. The molecule has 0 saturated heterocycles. The lowest BCUT2D eigenvalue weighted by Gasteiger charge is -2.25. The minimum Gasteiger partial charge on any atom is -0.322 e. The summed E-state index contributed by atoms with van der Waals surface area (Å²) in [5.74, 6) is 0.175. The summed E-state index contributed by atoms with van der Waals surface area (Å²) in [5, 5.41) is 2.96. The highest BCUT2D eigenvalue weighted by Gasteiger charge is 2.25. The standard InChI is InChI=1S/C30H26N2O2S/c1-21-8-6-11-24(18-21)30(34)31-25-12-7-13-26(19-25)35-20-29(33)32-27-14-4-2-9-22(27)16-17-23-10-3-5-15-28(23)32/h2-15,18-19H,16-17,20H2,1H3,(H,31,34). The van der Waals surface area contributed by atoms with E-state index in [0.29, 0.717) is 11.3 Å². The molecule has 0 aliphatic carbocycles. The van der Waals surface area contributed by atoms with Gasteiger partial charge in [0.2, 0.25) is 5.91 Å². The molecule has 4 aromatic carbocycles. The van der Waals surface area contributed by atoms with Gasteiger partial charge in [-0.1, -0.05) is 60.2 Å². The number of thioether (sulfide) groups is 1. The van der Waals surface area contributed by atoms with Gasteiger partial charge in [-0.25, -0.2) is 0 Å². The number of rotatable bonds is 5. The number of fused-ring (bicyclic) bond motifs is 2. The van der Waals surface area contributed by atoms with E-state index >= 15 is 0 Å². The van der Waals surface area contributed by atoms with Crippen LogP contribution in [-0.4, -0.2) is 17.6 Å². The first-order valence-corrected chi connectivity index (χ1v) is 12.7. The first-order chi connectivity index (χ1) is 17.1. The molecule has 0 radical (unpaired) electrons. The van der Waals surface area contributed by atoms with Crippen LogP contribution in [0.1, 0.15) is 27.0 Å². The van der Waals surface area contributed by atoms with E-state index in [1.54, 1.807) is 6.07 Å². The SMILES string of the molecule is Cc1cccc(C(=O)Nc2cccc(SCC(=O)N3c4ccccc4CCc4ccccc43)c2)c1. The summed E-state index contributed by atoms with van der Waals surface area (Å²) < 4.78 is 0. The quantitative estimate of drug-likeness (QED) is 0.321. The minimum atomic E-state index is -0.148. The van der Waals surface area contributed by atoms with Crippen LogP contribution in [0, 0.1) is 6.92 Å². The molecule has 1 aliphatic heterocycles. The van der Waals surface area contributed by atoms with Crippen molar-refractivity contribution in [2.45, 2.75) is 24.7 Å². The van der Waals surface area contributed by atoms with E-state index in [9.17, 15) is 9.59 Å². The first kappa shape index (κ1) is 22.9. The van der Waals surface area contributed by atoms with Gasteiger partial charge < -0.3 is 5.32 Å². The number of aryl methyl sites for hydroxylation is 3. The number of amides is 2. The van der Waals surface area contributed by atoms with Gasteiger partial charge in [-0.05, 0) is 73.4 Å². The lowest BCUT2D eigenvalue weighted by Crippen LogP contribution is -2.28. The van der Waals surface area contributed by atoms with Gasteiger partial charge >= 0.3 is 0 Å². The maximum absolute atomic E-state index is 13.6. The molecule has 5 rings (SSSR count). The summed E-state index contributed by atoms with van der Waals surface area (Å²) in [6.07, 6.45) is 1.82. The van der Waals surface area contributed by atoms with Crippen LogP contribution in [0.5, 0.6) is 0 Å². The molecule has 1 N–H and O–H groups in total. The van der Waals surface area contributed by atoms with Crippen molar-refractivity contribution in [2.75, 3.05) is 16.0 Å². The topological polar surface area (TPSA) is 49.4 Å². The summed E-state index contributed by atoms with van der Waals surface area (Å²) in [6.45, 7) is 1.96. The fourth-order valence-electron chi connectivity index (χ4n) is 4.41. The van der Waals surface area contributed by atoms with Crippen molar-refractivity contribution < 1.29 is 9.59 Å². The second kappa shape index (κ2) is 10.2. The summed E-state index contributed by atoms with van der Waals surface area (Å²) in [5.41, 5.74) is 6.66. The molecule has 4 aromatic rings. The lowest BCUT2D eigenvalue weighted by molar-refractivity contribution is -0.115. The van der Waals surface area contributed by atoms with E-state index in [-0.39, 0.29) is 17.6 Å². The summed E-state index contributed by atoms with van der Waals surface area (Å²) in [7, 11) is 0. The molecule has 4 nitrogen and oxygen atoms in total. The van der Waals surface area contributed by atoms with E-state index in [1.165, 1.54) is 22.9 Å². The molecular weight excluding hydrogens is 452 g/mol. The van der Waals surface area contributed by atoms with E-state index in [2.05, 4.69) is 17.4 Å². The molecular formula is C30H26N2O2S. The lowest BCUT2D eigenvalue weighted by atomic mass is 10.0. The molecule has 0 saturated carbocycles. The Kier molecular flexibility index (Phi) is 6.68. The minimum absolute atomic E-state index is 0.0333. The zero-order valence-corrected chi connectivity index (χ0v) is 20.3. The smallest absolute Gasteiger partial charge is 0.255 e. The van der Waals surface area contributed by atoms with Crippen LogP contribution >= 0.6 is 11.8 Å². The van der Waals surface area contributed by atoms with Crippen LogP contribution in [0.2, 0.25) is 0 Å². The van der Waals surface area contributed by atoms with Crippen LogP contribution in [0.25, 0.3) is 0 Å². The normalized spacial score (nSPS) is 12.3. The molecule has 0 spiro atoms. The van der Waals surface area contributed by atoms with Crippen molar-refractivity contribution in [1.82, 2.24) is 0 Å². The van der Waals surface area contributed by atoms with Gasteiger partial charge in [0.15, 0.2) is 0 Å². The number of hydrogen-bond donors (Lipinski definition) is 1. The fourth-order valence-corrected chi connectivity index (χ4v) is 5.22. The van der Waals surface area contributed by atoms with Gasteiger partial charge in [0.1, 0.15) is 0 Å². The van der Waals surface area contributed by atoms with Gasteiger partial charge in [0.05, 0.1) is 17.1 Å². The Labute approximate surface area is 210 Å². The number of nitrogens with one attached hydrogen (secondary N) is 1. The third-order valence-electron chi connectivity index (χ3n) is 6.11. The van der Waals surface area contributed by atoms with Gasteiger partial charge in [0.25, 0.3) is 5.91 Å². The highest BCUT2D eigenvalue weighted by Crippen LogP contribution is 2.37. The van der Waals surface area contributed by atoms with Gasteiger partial charge in [-0.15, -0.1) is 11.8 Å². The second-order valence-electron chi connectivity index (χ2n) is 8.63. The maximum Gasteiger partial charge on any atom is 0.255 e. The van der Waals surface area contributed by atoms with E-state index in [1.807, 2.05) is 90.7 Å². The molecule has 2 amide bonds. The summed E-state index contributed by atoms with van der Waals surface area (Å²) >= 11 is 1.48. The molecule has 5 heteroatoms. The van der Waals surface area contributed by atoms with Crippen LogP contribution < -0.4 is 10.2 Å². The number of anilines is 3. The average molecular weight is 479 g/mol. The third kappa shape index (κ3) is 5.15. The average Bonchev–Trinajstić information content (AvgIpc) is 3.04. The molecule has 35 heavy (non-hydrogen) atoms. The van der Waals surface area contributed by atoms with E-state index in [4.69, 9.17) is 0 Å². The monoisotopic (exact) mass is 478 g/mol. The van der Waals surface area contributed by atoms with Crippen LogP contribution in [0.4, 0.5) is 17.1 Å². The molecule has 174 valence electrons. The van der Waals surface area contributed by atoms with E-state index < -0.39 is 0 Å². The van der Waals surface area contributed by atoms with Gasteiger partial charge in [-0.3, -0.25) is 14.5 Å². The Morgan fingerprint density at radius 2 is 1.46 bits per heavy atom. The van der Waals surface area contributed by atoms with Gasteiger partial charge in [-0.2, -0.15) is 0 Å². The molecule has 0 bridgehead atoms. The number of nitrogens with zero attached hydrogens (tertiary/aromatic N) is 1. The van der Waals surface area contributed by atoms with Crippen LogP contribution in [0.15, 0.2) is 102 Å². The number of hydrogen-bond acceptors (Lipinski definition) is 3. The summed E-state index contributed by atoms with van der Waals surface area (Å²) in [4.78, 5) is 29.0. The van der Waals surface area contributed by atoms with Gasteiger partial charge in [0, 0.05) is 16.1 Å². The Hall–Kier alpha value is -3.83. The molecule has 0 unspecified atom stereocenters. The number of carbonyl (C=O) groups is 2. The summed E-state index contributed by atoms with van der Waals surface area (Å²) in [6, 6.07) is 31.4. The molecule has 0 aromatic heterocycles. The molecule has 0 atom stereocenters. The largest absolute Gasteiger partial charge is 0.322 e. The van der Waals surface area contributed by atoms with E-state index in [0.717, 1.165) is 34.7 Å². The molecule has 1 heterocycles. The Morgan fingerprint density at radius 1 is 0.800 bits per heavy atom. The predicted molar refractivity (Wildman–Crippen MR) is 144 cm³/mol. The Bertz CT molecular complexity index is 1350. The molecule has 0 fully saturated rings. The number of benzene rings is 4. The number of carbonyl (C=O) groups excluding carboxylic acids is 2. The molecule has 1 aliphatic rings. The number of para-hydroxylation sites is 2. The maximum atomic E-state index is 13.6. The first-order valence-electron chi connectivity index (χ1n) is 11.7. The zero-order valence-electron chi connectivity index (χ0n) is 19.5.